The number of nitrogens with one attached hydrogen (secondary N) is 1. The first-order valence-electron chi connectivity index (χ1n) is 11.1. The second-order valence-corrected chi connectivity index (χ2v) is 7.93. The summed E-state index contributed by atoms with van der Waals surface area (Å²) in [4.78, 5) is 23.4. The number of carbonyl (C=O) groups excluding carboxylic acids is 1. The van der Waals surface area contributed by atoms with Gasteiger partial charge in [0.15, 0.2) is 5.60 Å². The number of nitrogens with zero attached hydrogens (tertiary/aromatic N) is 2. The summed E-state index contributed by atoms with van der Waals surface area (Å²) in [6.07, 6.45) is 1.45. The van der Waals surface area contributed by atoms with Crippen molar-refractivity contribution in [3.05, 3.63) is 142 Å². The minimum atomic E-state index is -1.92. The van der Waals surface area contributed by atoms with E-state index in [-0.39, 0.29) is 12.3 Å². The van der Waals surface area contributed by atoms with Crippen molar-refractivity contribution in [2.24, 2.45) is 5.10 Å². The fourth-order valence-electron chi connectivity index (χ4n) is 3.60. The maximum Gasteiger partial charge on any atom is 0.281 e. The molecule has 0 heterocycles. The van der Waals surface area contributed by atoms with Gasteiger partial charge in [-0.25, -0.2) is 5.43 Å². The van der Waals surface area contributed by atoms with E-state index >= 15 is 0 Å². The molecule has 1 amide bonds. The number of hydrogen-bond acceptors (Lipinski definition) is 6. The maximum absolute atomic E-state index is 13.1. The highest BCUT2D eigenvalue weighted by Gasteiger charge is 2.39. The van der Waals surface area contributed by atoms with Crippen molar-refractivity contribution in [2.75, 3.05) is 0 Å². The van der Waals surface area contributed by atoms with Crippen LogP contribution in [-0.2, 0) is 17.0 Å². The van der Waals surface area contributed by atoms with Gasteiger partial charge in [0.2, 0.25) is 0 Å². The summed E-state index contributed by atoms with van der Waals surface area (Å²) >= 11 is 0. The number of hydrogen-bond donors (Lipinski definition) is 2. The molecule has 0 unspecified atom stereocenters. The second-order valence-electron chi connectivity index (χ2n) is 7.93. The first kappa shape index (κ1) is 24.3. The molecule has 0 fully saturated rings. The number of ether oxygens (including phenoxy) is 1. The minimum absolute atomic E-state index is 0.0189. The van der Waals surface area contributed by atoms with Crippen LogP contribution in [0.4, 0.5) is 5.69 Å². The summed E-state index contributed by atoms with van der Waals surface area (Å²) < 4.78 is 5.77. The molecule has 4 aromatic carbocycles. The largest absolute Gasteiger partial charge is 0.489 e. The summed E-state index contributed by atoms with van der Waals surface area (Å²) in [6, 6.07) is 30.6. The fraction of sp³-hybridized carbons (Fsp3) is 0.0714. The predicted molar refractivity (Wildman–Crippen MR) is 135 cm³/mol. The van der Waals surface area contributed by atoms with Crippen LogP contribution in [0.5, 0.6) is 5.75 Å². The lowest BCUT2D eigenvalue weighted by Gasteiger charge is -2.27. The average Bonchev–Trinajstić information content (AvgIpc) is 2.93. The molecule has 0 saturated heterocycles. The van der Waals surface area contributed by atoms with E-state index < -0.39 is 16.4 Å². The van der Waals surface area contributed by atoms with Crippen LogP contribution in [0.2, 0.25) is 0 Å². The maximum atomic E-state index is 13.1. The Morgan fingerprint density at radius 2 is 1.53 bits per heavy atom. The van der Waals surface area contributed by atoms with Gasteiger partial charge in [0.1, 0.15) is 12.4 Å². The lowest BCUT2D eigenvalue weighted by molar-refractivity contribution is -0.384. The van der Waals surface area contributed by atoms with Crippen molar-refractivity contribution in [2.45, 2.75) is 12.2 Å². The van der Waals surface area contributed by atoms with Gasteiger partial charge in [0.25, 0.3) is 11.6 Å². The van der Waals surface area contributed by atoms with Crippen LogP contribution in [0.25, 0.3) is 0 Å². The molecule has 0 aliphatic rings. The predicted octanol–water partition coefficient (Wildman–Crippen LogP) is 4.56. The SMILES string of the molecule is O=C(NN=Cc1cccc(OCc2ccc([N+](=O)[O-])cc2)c1)C(O)(c1ccccc1)c1ccccc1. The molecule has 0 aromatic heterocycles. The van der Waals surface area contributed by atoms with Crippen molar-refractivity contribution in [3.8, 4) is 5.75 Å². The summed E-state index contributed by atoms with van der Waals surface area (Å²) in [6.45, 7) is 0.233. The Balaban J connectivity index is 1.44. The quantitative estimate of drug-likeness (QED) is 0.207. The van der Waals surface area contributed by atoms with Crippen molar-refractivity contribution in [1.82, 2.24) is 5.43 Å². The number of non-ortho nitro benzene ring substituents is 1. The van der Waals surface area contributed by atoms with Crippen molar-refractivity contribution >= 4 is 17.8 Å². The van der Waals surface area contributed by atoms with Gasteiger partial charge in [-0.15, -0.1) is 0 Å². The third kappa shape index (κ3) is 5.63. The highest BCUT2D eigenvalue weighted by atomic mass is 16.6. The molecule has 0 spiro atoms. The van der Waals surface area contributed by atoms with Gasteiger partial charge in [0.05, 0.1) is 11.1 Å². The van der Waals surface area contributed by atoms with Crippen LogP contribution < -0.4 is 10.2 Å². The zero-order valence-electron chi connectivity index (χ0n) is 19.2. The standard InChI is InChI=1S/C28H23N3O5/c32-27(28(33,23-9-3-1-4-10-23)24-11-5-2-6-12-24)30-29-19-22-8-7-13-26(18-22)36-20-21-14-16-25(17-15-21)31(34)35/h1-19,33H,20H2,(H,30,32). The molecule has 8 nitrogen and oxygen atoms in total. The molecule has 36 heavy (non-hydrogen) atoms. The van der Waals surface area contributed by atoms with Crippen LogP contribution in [-0.4, -0.2) is 22.2 Å². The van der Waals surface area contributed by atoms with Crippen LogP contribution in [0.3, 0.4) is 0 Å². The minimum Gasteiger partial charge on any atom is -0.489 e. The lowest BCUT2D eigenvalue weighted by atomic mass is 9.85. The van der Waals surface area contributed by atoms with E-state index in [1.807, 2.05) is 12.1 Å². The number of nitro groups is 1. The highest BCUT2D eigenvalue weighted by Crippen LogP contribution is 2.29. The van der Waals surface area contributed by atoms with Gasteiger partial charge in [-0.3, -0.25) is 14.9 Å². The summed E-state index contributed by atoms with van der Waals surface area (Å²) in [5, 5.41) is 26.3. The number of nitro benzene ring substituents is 1. The Hall–Kier alpha value is -4.82. The molecule has 4 aromatic rings. The number of rotatable bonds is 9. The zero-order chi connectivity index (χ0) is 25.4. The molecular weight excluding hydrogens is 458 g/mol. The molecule has 0 atom stereocenters. The summed E-state index contributed by atoms with van der Waals surface area (Å²) in [7, 11) is 0. The molecule has 0 aliphatic heterocycles. The molecule has 0 bridgehead atoms. The number of amides is 1. The molecule has 2 N–H and O–H groups in total. The Morgan fingerprint density at radius 3 is 2.11 bits per heavy atom. The Bertz CT molecular complexity index is 1320. The van der Waals surface area contributed by atoms with E-state index in [2.05, 4.69) is 10.5 Å². The van der Waals surface area contributed by atoms with E-state index in [1.165, 1.54) is 18.3 Å². The Labute approximate surface area is 207 Å². The summed E-state index contributed by atoms with van der Waals surface area (Å²) in [5.74, 6) is -0.129. The molecule has 0 aliphatic carbocycles. The van der Waals surface area contributed by atoms with Gasteiger partial charge in [-0.05, 0) is 46.5 Å². The zero-order valence-corrected chi connectivity index (χ0v) is 19.2. The van der Waals surface area contributed by atoms with E-state index in [9.17, 15) is 20.0 Å². The monoisotopic (exact) mass is 481 g/mol. The van der Waals surface area contributed by atoms with E-state index in [0.717, 1.165) is 5.56 Å². The first-order valence-corrected chi connectivity index (χ1v) is 11.1. The van der Waals surface area contributed by atoms with E-state index in [1.54, 1.807) is 84.9 Å². The van der Waals surface area contributed by atoms with Gasteiger partial charge < -0.3 is 9.84 Å². The average molecular weight is 482 g/mol. The van der Waals surface area contributed by atoms with Crippen LogP contribution in [0.1, 0.15) is 22.3 Å². The summed E-state index contributed by atoms with van der Waals surface area (Å²) in [5.41, 5.74) is 2.84. The van der Waals surface area contributed by atoms with Gasteiger partial charge in [0, 0.05) is 12.1 Å². The van der Waals surface area contributed by atoms with Crippen LogP contribution >= 0.6 is 0 Å². The normalized spacial score (nSPS) is 11.2. The fourth-order valence-corrected chi connectivity index (χ4v) is 3.60. The Morgan fingerprint density at radius 1 is 0.917 bits per heavy atom. The van der Waals surface area contributed by atoms with Crippen molar-refractivity contribution in [3.63, 3.8) is 0 Å². The molecule has 8 heteroatoms. The van der Waals surface area contributed by atoms with Gasteiger partial charge in [-0.2, -0.15) is 5.10 Å². The van der Waals surface area contributed by atoms with E-state index in [0.29, 0.717) is 22.4 Å². The van der Waals surface area contributed by atoms with Crippen LogP contribution in [0.15, 0.2) is 114 Å². The van der Waals surface area contributed by atoms with Crippen LogP contribution in [0, 0.1) is 10.1 Å². The lowest BCUT2D eigenvalue weighted by Crippen LogP contribution is -2.43. The smallest absolute Gasteiger partial charge is 0.281 e. The number of benzene rings is 4. The third-order valence-electron chi connectivity index (χ3n) is 5.50. The molecule has 180 valence electrons. The number of hydrazone groups is 1. The topological polar surface area (TPSA) is 114 Å². The second kappa shape index (κ2) is 11.1. The van der Waals surface area contributed by atoms with Gasteiger partial charge in [-0.1, -0.05) is 72.8 Å². The van der Waals surface area contributed by atoms with Crippen molar-refractivity contribution in [1.29, 1.82) is 0 Å². The Kier molecular flexibility index (Phi) is 7.48. The first-order chi connectivity index (χ1) is 17.5. The van der Waals surface area contributed by atoms with E-state index in [4.69, 9.17) is 4.74 Å². The molecule has 4 rings (SSSR count). The third-order valence-corrected chi connectivity index (χ3v) is 5.50. The van der Waals surface area contributed by atoms with Crippen molar-refractivity contribution < 1.29 is 19.6 Å². The molecule has 0 saturated carbocycles. The molecule has 0 radical (unpaired) electrons. The van der Waals surface area contributed by atoms with Gasteiger partial charge >= 0.3 is 0 Å². The molecular formula is C28H23N3O5. The number of carbonyl (C=O) groups is 1. The number of aliphatic hydroxyl groups is 1. The highest BCUT2D eigenvalue weighted by molar-refractivity contribution is 5.91.